The van der Waals surface area contributed by atoms with Crippen molar-refractivity contribution in [3.63, 3.8) is 0 Å². The number of hydrogen-bond acceptors (Lipinski definition) is 3. The van der Waals surface area contributed by atoms with Crippen LogP contribution in [0.4, 0.5) is 5.82 Å². The second-order valence-electron chi connectivity index (χ2n) is 5.71. The van der Waals surface area contributed by atoms with Crippen LogP contribution >= 0.6 is 0 Å². The van der Waals surface area contributed by atoms with E-state index in [0.29, 0.717) is 6.54 Å². The highest BCUT2D eigenvalue weighted by Crippen LogP contribution is 2.28. The van der Waals surface area contributed by atoms with Crippen LogP contribution in [-0.4, -0.2) is 18.1 Å². The third-order valence-corrected chi connectivity index (χ3v) is 4.49. The van der Waals surface area contributed by atoms with E-state index < -0.39 is 0 Å². The van der Waals surface area contributed by atoms with Crippen molar-refractivity contribution in [1.82, 2.24) is 4.98 Å². The van der Waals surface area contributed by atoms with Crippen molar-refractivity contribution >= 4 is 16.7 Å². The zero-order valence-electron chi connectivity index (χ0n) is 12.2. The molecule has 3 nitrogen and oxygen atoms in total. The molecule has 3 heteroatoms. The Kier molecular flexibility index (Phi) is 3.88. The molecule has 0 amide bonds. The molecule has 2 heterocycles. The lowest BCUT2D eigenvalue weighted by atomic mass is 9.94. The Labute approximate surface area is 120 Å². The van der Waals surface area contributed by atoms with Crippen LogP contribution in [0.15, 0.2) is 30.3 Å². The molecule has 0 bridgehead atoms. The molecule has 0 aliphatic carbocycles. The lowest BCUT2D eigenvalue weighted by Gasteiger charge is -2.33. The van der Waals surface area contributed by atoms with Crippen molar-refractivity contribution in [1.29, 1.82) is 0 Å². The zero-order chi connectivity index (χ0) is 13.9. The van der Waals surface area contributed by atoms with E-state index in [1.54, 1.807) is 0 Å². The molecule has 0 radical (unpaired) electrons. The lowest BCUT2D eigenvalue weighted by molar-refractivity contribution is 0.393. The summed E-state index contributed by atoms with van der Waals surface area (Å²) >= 11 is 0. The average molecular weight is 269 g/mol. The molecular formula is C17H23N3. The first-order valence-corrected chi connectivity index (χ1v) is 7.65. The van der Waals surface area contributed by atoms with Crippen LogP contribution in [0.3, 0.4) is 0 Å². The van der Waals surface area contributed by atoms with E-state index in [4.69, 9.17) is 10.7 Å². The molecule has 106 valence electrons. The summed E-state index contributed by atoms with van der Waals surface area (Å²) in [5.41, 5.74) is 8.17. The minimum absolute atomic E-state index is 0.556. The van der Waals surface area contributed by atoms with Gasteiger partial charge in [-0.05, 0) is 30.9 Å². The van der Waals surface area contributed by atoms with E-state index in [1.165, 1.54) is 30.2 Å². The highest BCUT2D eigenvalue weighted by molar-refractivity contribution is 5.81. The van der Waals surface area contributed by atoms with Crippen molar-refractivity contribution in [2.24, 2.45) is 11.7 Å². The van der Waals surface area contributed by atoms with E-state index in [0.717, 1.165) is 30.3 Å². The SMILES string of the molecule is CCC1CCN(c2nc3ccccc3cc2CN)CC1. The van der Waals surface area contributed by atoms with E-state index in [-0.39, 0.29) is 0 Å². The van der Waals surface area contributed by atoms with Gasteiger partial charge in [0.1, 0.15) is 5.82 Å². The number of pyridine rings is 1. The van der Waals surface area contributed by atoms with Crippen LogP contribution in [0.2, 0.25) is 0 Å². The fourth-order valence-corrected chi connectivity index (χ4v) is 3.13. The number of anilines is 1. The predicted molar refractivity (Wildman–Crippen MR) is 84.9 cm³/mol. The third-order valence-electron chi connectivity index (χ3n) is 4.49. The van der Waals surface area contributed by atoms with Gasteiger partial charge >= 0.3 is 0 Å². The van der Waals surface area contributed by atoms with E-state index in [2.05, 4.69) is 36.1 Å². The molecule has 2 aromatic rings. The van der Waals surface area contributed by atoms with Gasteiger partial charge in [-0.1, -0.05) is 31.5 Å². The number of fused-ring (bicyclic) bond motifs is 1. The Morgan fingerprint density at radius 3 is 2.70 bits per heavy atom. The number of rotatable bonds is 3. The van der Waals surface area contributed by atoms with Crippen LogP contribution < -0.4 is 10.6 Å². The summed E-state index contributed by atoms with van der Waals surface area (Å²) in [5, 5.41) is 1.18. The molecule has 1 aromatic carbocycles. The average Bonchev–Trinajstić information content (AvgIpc) is 2.53. The highest BCUT2D eigenvalue weighted by Gasteiger charge is 2.21. The first kappa shape index (κ1) is 13.4. The van der Waals surface area contributed by atoms with Crippen molar-refractivity contribution < 1.29 is 0 Å². The third kappa shape index (κ3) is 2.50. The maximum atomic E-state index is 5.94. The van der Waals surface area contributed by atoms with Crippen LogP contribution in [0, 0.1) is 5.92 Å². The van der Waals surface area contributed by atoms with Gasteiger partial charge in [-0.3, -0.25) is 0 Å². The first-order valence-electron chi connectivity index (χ1n) is 7.65. The molecule has 1 aromatic heterocycles. The van der Waals surface area contributed by atoms with Crippen LogP contribution in [0.1, 0.15) is 31.7 Å². The maximum absolute atomic E-state index is 5.94. The summed E-state index contributed by atoms with van der Waals surface area (Å²) in [7, 11) is 0. The van der Waals surface area contributed by atoms with Crippen molar-refractivity contribution in [2.75, 3.05) is 18.0 Å². The number of piperidine rings is 1. The number of para-hydroxylation sites is 1. The number of hydrogen-bond donors (Lipinski definition) is 1. The van der Waals surface area contributed by atoms with Gasteiger partial charge in [0.2, 0.25) is 0 Å². The van der Waals surface area contributed by atoms with E-state index in [1.807, 2.05) is 6.07 Å². The van der Waals surface area contributed by atoms with Crippen LogP contribution in [-0.2, 0) is 6.54 Å². The maximum Gasteiger partial charge on any atom is 0.133 e. The van der Waals surface area contributed by atoms with Crippen molar-refractivity contribution in [3.8, 4) is 0 Å². The summed E-state index contributed by atoms with van der Waals surface area (Å²) < 4.78 is 0. The van der Waals surface area contributed by atoms with E-state index >= 15 is 0 Å². The topological polar surface area (TPSA) is 42.2 Å². The summed E-state index contributed by atoms with van der Waals surface area (Å²) in [6, 6.07) is 10.5. The Morgan fingerprint density at radius 2 is 2.00 bits per heavy atom. The monoisotopic (exact) mass is 269 g/mol. The molecule has 0 atom stereocenters. The largest absolute Gasteiger partial charge is 0.356 e. The molecule has 20 heavy (non-hydrogen) atoms. The minimum Gasteiger partial charge on any atom is -0.356 e. The van der Waals surface area contributed by atoms with Gasteiger partial charge < -0.3 is 10.6 Å². The lowest BCUT2D eigenvalue weighted by Crippen LogP contribution is -2.35. The van der Waals surface area contributed by atoms with Crippen molar-refractivity contribution in [3.05, 3.63) is 35.9 Å². The standard InChI is InChI=1S/C17H23N3/c1-2-13-7-9-20(10-8-13)17-15(12-18)11-14-5-3-4-6-16(14)19-17/h3-6,11,13H,2,7-10,12,18H2,1H3. The number of benzene rings is 1. The zero-order valence-corrected chi connectivity index (χ0v) is 12.2. The molecule has 1 fully saturated rings. The molecule has 0 spiro atoms. The predicted octanol–water partition coefficient (Wildman–Crippen LogP) is 3.32. The number of nitrogens with zero attached hydrogens (tertiary/aromatic N) is 2. The Balaban J connectivity index is 1.94. The van der Waals surface area contributed by atoms with Gasteiger partial charge in [-0.15, -0.1) is 0 Å². The molecular weight excluding hydrogens is 246 g/mol. The molecule has 1 saturated heterocycles. The quantitative estimate of drug-likeness (QED) is 0.929. The minimum atomic E-state index is 0.556. The molecule has 1 aliphatic rings. The fraction of sp³-hybridized carbons (Fsp3) is 0.471. The van der Waals surface area contributed by atoms with Gasteiger partial charge in [-0.2, -0.15) is 0 Å². The van der Waals surface area contributed by atoms with Crippen LogP contribution in [0.25, 0.3) is 10.9 Å². The van der Waals surface area contributed by atoms with E-state index in [9.17, 15) is 0 Å². The second-order valence-corrected chi connectivity index (χ2v) is 5.71. The Hall–Kier alpha value is -1.61. The molecule has 2 N–H and O–H groups in total. The second kappa shape index (κ2) is 5.80. The first-order chi connectivity index (χ1) is 9.81. The van der Waals surface area contributed by atoms with Gasteiger partial charge in [0.25, 0.3) is 0 Å². The molecule has 0 unspecified atom stereocenters. The summed E-state index contributed by atoms with van der Waals surface area (Å²) in [4.78, 5) is 7.28. The van der Waals surface area contributed by atoms with Crippen molar-refractivity contribution in [2.45, 2.75) is 32.7 Å². The summed E-state index contributed by atoms with van der Waals surface area (Å²) in [6.07, 6.45) is 3.84. The Bertz CT molecular complexity index is 586. The van der Waals surface area contributed by atoms with Gasteiger partial charge in [-0.25, -0.2) is 4.98 Å². The molecule has 0 saturated carbocycles. The number of aromatic nitrogens is 1. The smallest absolute Gasteiger partial charge is 0.133 e. The highest BCUT2D eigenvalue weighted by atomic mass is 15.2. The van der Waals surface area contributed by atoms with Gasteiger partial charge in [0.05, 0.1) is 5.52 Å². The van der Waals surface area contributed by atoms with Gasteiger partial charge in [0.15, 0.2) is 0 Å². The Morgan fingerprint density at radius 1 is 1.25 bits per heavy atom. The number of nitrogens with two attached hydrogens (primary N) is 1. The molecule has 1 aliphatic heterocycles. The summed E-state index contributed by atoms with van der Waals surface area (Å²) in [6.45, 7) is 5.06. The van der Waals surface area contributed by atoms with Crippen LogP contribution in [0.5, 0.6) is 0 Å². The fourth-order valence-electron chi connectivity index (χ4n) is 3.13. The summed E-state index contributed by atoms with van der Waals surface area (Å²) in [5.74, 6) is 1.98. The van der Waals surface area contributed by atoms with Gasteiger partial charge in [0, 0.05) is 30.6 Å². The molecule has 3 rings (SSSR count). The normalized spacial score (nSPS) is 16.8.